The van der Waals surface area contributed by atoms with E-state index in [0.717, 1.165) is 24.3 Å². The zero-order valence-electron chi connectivity index (χ0n) is 11.3. The van der Waals surface area contributed by atoms with E-state index in [4.69, 9.17) is 11.6 Å². The predicted molar refractivity (Wildman–Crippen MR) is 82.6 cm³/mol. The Morgan fingerprint density at radius 3 is 2.37 bits per heavy atom. The van der Waals surface area contributed by atoms with Crippen LogP contribution < -0.4 is 5.32 Å². The molecule has 1 unspecified atom stereocenters. The Morgan fingerprint density at radius 2 is 1.68 bits per heavy atom. The summed E-state index contributed by atoms with van der Waals surface area (Å²) in [4.78, 5) is 0. The van der Waals surface area contributed by atoms with E-state index in [0.29, 0.717) is 6.04 Å². The molecule has 2 heteroatoms. The first-order valence-corrected chi connectivity index (χ1v) is 7.14. The van der Waals surface area contributed by atoms with E-state index in [1.54, 1.807) is 0 Å². The molecule has 0 saturated heterocycles. The minimum Gasteiger partial charge on any atom is -0.313 e. The van der Waals surface area contributed by atoms with Gasteiger partial charge in [0.15, 0.2) is 0 Å². The molecule has 0 aliphatic heterocycles. The van der Waals surface area contributed by atoms with Gasteiger partial charge in [-0.1, -0.05) is 60.1 Å². The van der Waals surface area contributed by atoms with Crippen LogP contribution in [0.15, 0.2) is 54.6 Å². The van der Waals surface area contributed by atoms with Gasteiger partial charge in [-0.25, -0.2) is 0 Å². The molecule has 19 heavy (non-hydrogen) atoms. The Kier molecular flexibility index (Phi) is 5.44. The number of hydrogen-bond donors (Lipinski definition) is 1. The molecule has 2 aromatic rings. The summed E-state index contributed by atoms with van der Waals surface area (Å²) in [6, 6.07) is 19.1. The van der Waals surface area contributed by atoms with Crippen molar-refractivity contribution >= 4 is 11.6 Å². The largest absolute Gasteiger partial charge is 0.313 e. The highest BCUT2D eigenvalue weighted by atomic mass is 35.5. The number of hydrogen-bond acceptors (Lipinski definition) is 1. The Labute approximate surface area is 120 Å². The van der Waals surface area contributed by atoms with Crippen LogP contribution in [0.1, 0.15) is 30.0 Å². The average molecular weight is 274 g/mol. The van der Waals surface area contributed by atoms with Gasteiger partial charge in [0, 0.05) is 11.1 Å². The Balaban J connectivity index is 1.89. The minimum atomic E-state index is 0.420. The third-order valence-electron chi connectivity index (χ3n) is 3.45. The predicted octanol–water partition coefficient (Wildman–Crippen LogP) is 4.62. The molecule has 1 atom stereocenters. The van der Waals surface area contributed by atoms with Crippen LogP contribution in [0.2, 0.25) is 5.02 Å². The summed E-state index contributed by atoms with van der Waals surface area (Å²) >= 11 is 6.17. The molecule has 0 fully saturated rings. The second-order valence-corrected chi connectivity index (χ2v) is 5.14. The maximum absolute atomic E-state index is 6.17. The fourth-order valence-corrected chi connectivity index (χ4v) is 2.59. The standard InChI is InChI=1S/C17H20ClN/c1-19-17(15-9-3-2-4-10-15)13-7-11-14-8-5-6-12-16(14)18/h2-6,8-10,12,17,19H,7,11,13H2,1H3. The second-order valence-electron chi connectivity index (χ2n) is 4.74. The molecule has 0 aliphatic rings. The number of aryl methyl sites for hydroxylation is 1. The van der Waals surface area contributed by atoms with Crippen LogP contribution in [0.4, 0.5) is 0 Å². The van der Waals surface area contributed by atoms with Gasteiger partial charge in [-0.3, -0.25) is 0 Å². The first-order valence-electron chi connectivity index (χ1n) is 6.77. The highest BCUT2D eigenvalue weighted by Crippen LogP contribution is 2.21. The van der Waals surface area contributed by atoms with Crippen LogP contribution in [0, 0.1) is 0 Å². The number of nitrogens with one attached hydrogen (secondary N) is 1. The third-order valence-corrected chi connectivity index (χ3v) is 3.82. The van der Waals surface area contributed by atoms with Crippen molar-refractivity contribution in [2.45, 2.75) is 25.3 Å². The van der Waals surface area contributed by atoms with Crippen LogP contribution in [0.25, 0.3) is 0 Å². The fraction of sp³-hybridized carbons (Fsp3) is 0.294. The lowest BCUT2D eigenvalue weighted by atomic mass is 9.99. The van der Waals surface area contributed by atoms with Crippen molar-refractivity contribution in [1.82, 2.24) is 5.32 Å². The topological polar surface area (TPSA) is 12.0 Å². The first kappa shape index (κ1) is 14.1. The fourth-order valence-electron chi connectivity index (χ4n) is 2.36. The zero-order valence-corrected chi connectivity index (χ0v) is 12.0. The van der Waals surface area contributed by atoms with Crippen molar-refractivity contribution in [3.8, 4) is 0 Å². The molecule has 2 aromatic carbocycles. The van der Waals surface area contributed by atoms with Gasteiger partial charge in [0.25, 0.3) is 0 Å². The van der Waals surface area contributed by atoms with E-state index < -0.39 is 0 Å². The van der Waals surface area contributed by atoms with E-state index in [2.05, 4.69) is 41.7 Å². The van der Waals surface area contributed by atoms with E-state index in [1.165, 1.54) is 11.1 Å². The van der Waals surface area contributed by atoms with Crippen LogP contribution >= 0.6 is 11.6 Å². The molecule has 0 aromatic heterocycles. The Morgan fingerprint density at radius 1 is 1.00 bits per heavy atom. The third kappa shape index (κ3) is 4.09. The van der Waals surface area contributed by atoms with Crippen molar-refractivity contribution in [2.24, 2.45) is 0 Å². The molecule has 2 rings (SSSR count). The Hall–Kier alpha value is -1.31. The summed E-state index contributed by atoms with van der Waals surface area (Å²) in [6.07, 6.45) is 3.28. The van der Waals surface area contributed by atoms with Gasteiger partial charge in [0.2, 0.25) is 0 Å². The number of halogens is 1. The molecule has 0 amide bonds. The summed E-state index contributed by atoms with van der Waals surface area (Å²) in [5, 5.41) is 4.26. The average Bonchev–Trinajstić information content (AvgIpc) is 2.46. The van der Waals surface area contributed by atoms with Gasteiger partial charge in [0.05, 0.1) is 0 Å². The summed E-state index contributed by atoms with van der Waals surface area (Å²) in [6.45, 7) is 0. The summed E-state index contributed by atoms with van der Waals surface area (Å²) in [7, 11) is 2.02. The summed E-state index contributed by atoms with van der Waals surface area (Å²) < 4.78 is 0. The molecular weight excluding hydrogens is 254 g/mol. The lowest BCUT2D eigenvalue weighted by Gasteiger charge is -2.16. The molecule has 0 heterocycles. The molecule has 0 aliphatic carbocycles. The highest BCUT2D eigenvalue weighted by molar-refractivity contribution is 6.31. The van der Waals surface area contributed by atoms with Crippen molar-refractivity contribution in [3.63, 3.8) is 0 Å². The highest BCUT2D eigenvalue weighted by Gasteiger charge is 2.08. The maximum atomic E-state index is 6.17. The van der Waals surface area contributed by atoms with Gasteiger partial charge in [-0.2, -0.15) is 0 Å². The van der Waals surface area contributed by atoms with Crippen molar-refractivity contribution in [2.75, 3.05) is 7.05 Å². The van der Waals surface area contributed by atoms with Gasteiger partial charge >= 0.3 is 0 Å². The minimum absolute atomic E-state index is 0.420. The first-order chi connectivity index (χ1) is 9.31. The number of rotatable bonds is 6. The van der Waals surface area contributed by atoms with Crippen LogP contribution in [0.3, 0.4) is 0 Å². The van der Waals surface area contributed by atoms with Gasteiger partial charge in [-0.15, -0.1) is 0 Å². The van der Waals surface area contributed by atoms with Gasteiger partial charge in [-0.05, 0) is 43.5 Å². The quantitative estimate of drug-likeness (QED) is 0.810. The zero-order chi connectivity index (χ0) is 13.5. The SMILES string of the molecule is CNC(CCCc1ccccc1Cl)c1ccccc1. The van der Waals surface area contributed by atoms with E-state index in [1.807, 2.05) is 25.2 Å². The second kappa shape index (κ2) is 7.32. The van der Waals surface area contributed by atoms with Gasteiger partial charge < -0.3 is 5.32 Å². The summed E-state index contributed by atoms with van der Waals surface area (Å²) in [5.74, 6) is 0. The molecule has 0 saturated carbocycles. The smallest absolute Gasteiger partial charge is 0.0437 e. The lowest BCUT2D eigenvalue weighted by molar-refractivity contribution is 0.527. The molecule has 0 spiro atoms. The molecule has 100 valence electrons. The normalized spacial score (nSPS) is 12.3. The lowest BCUT2D eigenvalue weighted by Crippen LogP contribution is -2.16. The van der Waals surface area contributed by atoms with Crippen molar-refractivity contribution in [3.05, 3.63) is 70.7 Å². The van der Waals surface area contributed by atoms with Crippen LogP contribution in [0.5, 0.6) is 0 Å². The van der Waals surface area contributed by atoms with E-state index in [9.17, 15) is 0 Å². The maximum Gasteiger partial charge on any atom is 0.0437 e. The molecule has 0 bridgehead atoms. The Bertz CT molecular complexity index is 496. The molecule has 1 nitrogen and oxygen atoms in total. The molecule has 0 radical (unpaired) electrons. The van der Waals surface area contributed by atoms with Crippen LogP contribution in [-0.2, 0) is 6.42 Å². The monoisotopic (exact) mass is 273 g/mol. The van der Waals surface area contributed by atoms with Gasteiger partial charge in [0.1, 0.15) is 0 Å². The van der Waals surface area contributed by atoms with Crippen LogP contribution in [-0.4, -0.2) is 7.05 Å². The molecular formula is C17H20ClN. The number of benzene rings is 2. The van der Waals surface area contributed by atoms with E-state index >= 15 is 0 Å². The van der Waals surface area contributed by atoms with Crippen molar-refractivity contribution in [1.29, 1.82) is 0 Å². The summed E-state index contributed by atoms with van der Waals surface area (Å²) in [5.41, 5.74) is 2.59. The van der Waals surface area contributed by atoms with E-state index in [-0.39, 0.29) is 0 Å². The van der Waals surface area contributed by atoms with Crippen molar-refractivity contribution < 1.29 is 0 Å². The molecule has 1 N–H and O–H groups in total.